The van der Waals surface area contributed by atoms with Crippen LogP contribution in [0.15, 0.2) is 42.7 Å². The van der Waals surface area contributed by atoms with Crippen molar-refractivity contribution in [1.82, 2.24) is 9.78 Å². The summed E-state index contributed by atoms with van der Waals surface area (Å²) in [4.78, 5) is 0. The molecule has 1 aliphatic rings. The van der Waals surface area contributed by atoms with Crippen LogP contribution in [0.5, 0.6) is 0 Å². The molecule has 0 amide bonds. The van der Waals surface area contributed by atoms with Crippen molar-refractivity contribution in [3.8, 4) is 0 Å². The fourth-order valence-electron chi connectivity index (χ4n) is 2.89. The SMILES string of the molecule is CC1(C)CC(Nc2cnn(Cc3ccccc3)c2)CCO1. The zero-order chi connectivity index (χ0) is 14.7. The first-order chi connectivity index (χ1) is 10.1. The van der Waals surface area contributed by atoms with Crippen LogP contribution in [0, 0.1) is 0 Å². The van der Waals surface area contributed by atoms with Gasteiger partial charge in [0.1, 0.15) is 0 Å². The van der Waals surface area contributed by atoms with E-state index in [2.05, 4.69) is 54.7 Å². The Morgan fingerprint density at radius 3 is 2.90 bits per heavy atom. The van der Waals surface area contributed by atoms with Gasteiger partial charge in [-0.3, -0.25) is 4.68 Å². The lowest BCUT2D eigenvalue weighted by Gasteiger charge is -2.36. The molecule has 0 aliphatic carbocycles. The quantitative estimate of drug-likeness (QED) is 0.937. The number of ether oxygens (including phenoxy) is 1. The van der Waals surface area contributed by atoms with Crippen molar-refractivity contribution < 1.29 is 4.74 Å². The number of anilines is 1. The standard InChI is InChI=1S/C17H23N3O/c1-17(2)10-15(8-9-21-17)19-16-11-18-20(13-16)12-14-6-4-3-5-7-14/h3-7,11,13,15,19H,8-10,12H2,1-2H3. The first kappa shape index (κ1) is 14.1. The maximum absolute atomic E-state index is 5.76. The van der Waals surface area contributed by atoms with Crippen molar-refractivity contribution in [2.45, 2.75) is 44.9 Å². The van der Waals surface area contributed by atoms with Gasteiger partial charge in [0.15, 0.2) is 0 Å². The van der Waals surface area contributed by atoms with Crippen LogP contribution in [0.4, 0.5) is 5.69 Å². The molecule has 4 heteroatoms. The van der Waals surface area contributed by atoms with Crippen LogP contribution in [0.3, 0.4) is 0 Å². The van der Waals surface area contributed by atoms with Crippen molar-refractivity contribution >= 4 is 5.69 Å². The van der Waals surface area contributed by atoms with Crippen molar-refractivity contribution in [1.29, 1.82) is 0 Å². The van der Waals surface area contributed by atoms with Gasteiger partial charge in [-0.25, -0.2) is 0 Å². The number of hydrogen-bond acceptors (Lipinski definition) is 3. The van der Waals surface area contributed by atoms with E-state index in [0.717, 1.165) is 31.7 Å². The van der Waals surface area contributed by atoms with E-state index in [4.69, 9.17) is 4.74 Å². The number of nitrogens with one attached hydrogen (secondary N) is 1. The fraction of sp³-hybridized carbons (Fsp3) is 0.471. The molecule has 1 fully saturated rings. The molecule has 1 aromatic heterocycles. The molecule has 0 spiro atoms. The van der Waals surface area contributed by atoms with E-state index in [9.17, 15) is 0 Å². The molecule has 0 bridgehead atoms. The first-order valence-electron chi connectivity index (χ1n) is 7.58. The highest BCUT2D eigenvalue weighted by Gasteiger charge is 2.28. The molecule has 1 aliphatic heterocycles. The summed E-state index contributed by atoms with van der Waals surface area (Å²) >= 11 is 0. The molecular weight excluding hydrogens is 262 g/mol. The number of hydrogen-bond donors (Lipinski definition) is 1. The Labute approximate surface area is 126 Å². The van der Waals surface area contributed by atoms with Crippen molar-refractivity contribution in [2.75, 3.05) is 11.9 Å². The average Bonchev–Trinajstić information content (AvgIpc) is 2.86. The van der Waals surface area contributed by atoms with Crippen LogP contribution in [0.25, 0.3) is 0 Å². The van der Waals surface area contributed by atoms with Crippen LogP contribution in [-0.2, 0) is 11.3 Å². The maximum atomic E-state index is 5.76. The van der Waals surface area contributed by atoms with Crippen LogP contribution >= 0.6 is 0 Å². The third-order valence-corrected chi connectivity index (χ3v) is 3.89. The monoisotopic (exact) mass is 285 g/mol. The molecule has 0 saturated carbocycles. The van der Waals surface area contributed by atoms with E-state index in [0.29, 0.717) is 6.04 Å². The lowest BCUT2D eigenvalue weighted by molar-refractivity contribution is -0.0553. The summed E-state index contributed by atoms with van der Waals surface area (Å²) in [5.41, 5.74) is 2.32. The van der Waals surface area contributed by atoms with E-state index in [1.54, 1.807) is 0 Å². The number of aromatic nitrogens is 2. The minimum atomic E-state index is -0.0318. The summed E-state index contributed by atoms with van der Waals surface area (Å²) < 4.78 is 7.73. The van der Waals surface area contributed by atoms with Crippen LogP contribution < -0.4 is 5.32 Å². The second-order valence-corrected chi connectivity index (χ2v) is 6.35. The molecule has 1 atom stereocenters. The minimum absolute atomic E-state index is 0.0318. The van der Waals surface area contributed by atoms with Crippen LogP contribution in [0.1, 0.15) is 32.3 Å². The topological polar surface area (TPSA) is 39.1 Å². The molecule has 2 aromatic rings. The Hall–Kier alpha value is -1.81. The molecule has 3 rings (SSSR count). The maximum Gasteiger partial charge on any atom is 0.0728 e. The molecule has 1 aromatic carbocycles. The summed E-state index contributed by atoms with van der Waals surface area (Å²) in [6.45, 7) is 5.93. The summed E-state index contributed by atoms with van der Waals surface area (Å²) in [5, 5.41) is 8.02. The van der Waals surface area contributed by atoms with E-state index in [-0.39, 0.29) is 5.60 Å². The van der Waals surface area contributed by atoms with Gasteiger partial charge in [-0.1, -0.05) is 30.3 Å². The third kappa shape index (κ3) is 3.85. The van der Waals surface area contributed by atoms with Gasteiger partial charge in [0.25, 0.3) is 0 Å². The van der Waals surface area contributed by atoms with Gasteiger partial charge in [0.2, 0.25) is 0 Å². The van der Waals surface area contributed by atoms with Gasteiger partial charge in [-0.05, 0) is 32.3 Å². The van der Waals surface area contributed by atoms with Gasteiger partial charge in [-0.2, -0.15) is 5.10 Å². The summed E-state index contributed by atoms with van der Waals surface area (Å²) in [7, 11) is 0. The summed E-state index contributed by atoms with van der Waals surface area (Å²) in [6, 6.07) is 10.9. The normalized spacial score (nSPS) is 21.1. The van der Waals surface area contributed by atoms with Gasteiger partial charge in [0.05, 0.1) is 24.0 Å². The Kier molecular flexibility index (Phi) is 3.97. The average molecular weight is 285 g/mol. The predicted molar refractivity (Wildman–Crippen MR) is 84.4 cm³/mol. The van der Waals surface area contributed by atoms with Gasteiger partial charge >= 0.3 is 0 Å². The fourth-order valence-corrected chi connectivity index (χ4v) is 2.89. The van der Waals surface area contributed by atoms with Crippen molar-refractivity contribution in [3.63, 3.8) is 0 Å². The molecular formula is C17H23N3O. The Balaban J connectivity index is 1.60. The second kappa shape index (κ2) is 5.90. The predicted octanol–water partition coefficient (Wildman–Crippen LogP) is 3.30. The third-order valence-electron chi connectivity index (χ3n) is 3.89. The lowest BCUT2D eigenvalue weighted by Crippen LogP contribution is -2.40. The number of benzene rings is 1. The van der Waals surface area contributed by atoms with Crippen LogP contribution in [-0.4, -0.2) is 28.0 Å². The van der Waals surface area contributed by atoms with E-state index in [1.165, 1.54) is 5.56 Å². The lowest BCUT2D eigenvalue weighted by atomic mass is 9.94. The minimum Gasteiger partial charge on any atom is -0.380 e. The van der Waals surface area contributed by atoms with Crippen molar-refractivity contribution in [3.05, 3.63) is 48.3 Å². The van der Waals surface area contributed by atoms with E-state index in [1.807, 2.05) is 16.9 Å². The Bertz CT molecular complexity index is 577. The largest absolute Gasteiger partial charge is 0.380 e. The van der Waals surface area contributed by atoms with E-state index < -0.39 is 0 Å². The smallest absolute Gasteiger partial charge is 0.0728 e. The van der Waals surface area contributed by atoms with Crippen molar-refractivity contribution in [2.24, 2.45) is 0 Å². The van der Waals surface area contributed by atoms with E-state index >= 15 is 0 Å². The molecule has 112 valence electrons. The molecule has 2 heterocycles. The van der Waals surface area contributed by atoms with Crippen LogP contribution in [0.2, 0.25) is 0 Å². The summed E-state index contributed by atoms with van der Waals surface area (Å²) in [5.74, 6) is 0. The summed E-state index contributed by atoms with van der Waals surface area (Å²) in [6.07, 6.45) is 6.06. The number of nitrogens with zero attached hydrogens (tertiary/aromatic N) is 2. The first-order valence-corrected chi connectivity index (χ1v) is 7.58. The highest BCUT2D eigenvalue weighted by Crippen LogP contribution is 2.26. The van der Waals surface area contributed by atoms with Gasteiger partial charge in [-0.15, -0.1) is 0 Å². The second-order valence-electron chi connectivity index (χ2n) is 6.35. The Morgan fingerprint density at radius 2 is 2.14 bits per heavy atom. The Morgan fingerprint density at radius 1 is 1.33 bits per heavy atom. The molecule has 21 heavy (non-hydrogen) atoms. The zero-order valence-electron chi connectivity index (χ0n) is 12.7. The highest BCUT2D eigenvalue weighted by atomic mass is 16.5. The molecule has 1 saturated heterocycles. The zero-order valence-corrected chi connectivity index (χ0v) is 12.7. The molecule has 1 unspecified atom stereocenters. The number of rotatable bonds is 4. The molecule has 1 N–H and O–H groups in total. The molecule has 0 radical (unpaired) electrons. The van der Waals surface area contributed by atoms with Gasteiger partial charge in [0, 0.05) is 18.8 Å². The molecule has 4 nitrogen and oxygen atoms in total. The highest BCUT2D eigenvalue weighted by molar-refractivity contribution is 5.39. The van der Waals surface area contributed by atoms with Gasteiger partial charge < -0.3 is 10.1 Å².